The van der Waals surface area contributed by atoms with E-state index in [0.717, 1.165) is 43.5 Å². The first-order valence-electron chi connectivity index (χ1n) is 7.75. The average molecular weight is 332 g/mol. The number of benzene rings is 1. The van der Waals surface area contributed by atoms with Gasteiger partial charge in [0, 0.05) is 6.54 Å². The van der Waals surface area contributed by atoms with Gasteiger partial charge < -0.3 is 9.64 Å². The highest BCUT2D eigenvalue weighted by molar-refractivity contribution is 7.13. The molecule has 2 aromatic rings. The third-order valence-corrected chi connectivity index (χ3v) is 4.69. The van der Waals surface area contributed by atoms with Gasteiger partial charge in [-0.15, -0.1) is 10.2 Å². The molecule has 1 aliphatic heterocycles. The van der Waals surface area contributed by atoms with Crippen molar-refractivity contribution in [3.05, 3.63) is 35.3 Å². The smallest absolute Gasteiger partial charge is 0.324 e. The molecule has 0 saturated carbocycles. The Balaban J connectivity index is 1.80. The van der Waals surface area contributed by atoms with Crippen LogP contribution in [-0.4, -0.2) is 34.8 Å². The second kappa shape index (κ2) is 7.41. The molecule has 0 bridgehead atoms. The molecule has 23 heavy (non-hydrogen) atoms. The maximum Gasteiger partial charge on any atom is 0.324 e. The first-order valence-corrected chi connectivity index (χ1v) is 8.63. The zero-order chi connectivity index (χ0) is 16.1. The highest BCUT2D eigenvalue weighted by atomic mass is 32.1. The standard InChI is InChI=1S/C16H20N4O2S/c1-22-13-8-6-12(7-9-13)14-5-3-2-4-10-20(14)16(21)18-15-19-17-11-23-15/h6-9,11,14H,2-5,10H2,1H3,(H,18,19,21)/t14-/m0/s1. The van der Waals surface area contributed by atoms with E-state index in [1.807, 2.05) is 29.2 Å². The Morgan fingerprint density at radius 1 is 1.30 bits per heavy atom. The third-order valence-electron chi connectivity index (χ3n) is 4.09. The minimum absolute atomic E-state index is 0.0799. The van der Waals surface area contributed by atoms with Crippen molar-refractivity contribution in [1.82, 2.24) is 15.1 Å². The van der Waals surface area contributed by atoms with Gasteiger partial charge in [0.05, 0.1) is 13.2 Å². The summed E-state index contributed by atoms with van der Waals surface area (Å²) in [5.74, 6) is 0.826. The number of rotatable bonds is 3. The highest BCUT2D eigenvalue weighted by Crippen LogP contribution is 2.31. The molecule has 1 fully saturated rings. The molecule has 1 saturated heterocycles. The molecule has 7 heteroatoms. The number of carbonyl (C=O) groups excluding carboxylic acids is 1. The number of likely N-dealkylation sites (tertiary alicyclic amines) is 1. The number of nitrogens with one attached hydrogen (secondary N) is 1. The van der Waals surface area contributed by atoms with Gasteiger partial charge in [-0.3, -0.25) is 5.32 Å². The molecule has 2 amide bonds. The van der Waals surface area contributed by atoms with Gasteiger partial charge in [-0.05, 0) is 30.5 Å². The Labute approximate surface area is 139 Å². The monoisotopic (exact) mass is 332 g/mol. The number of hydrogen-bond acceptors (Lipinski definition) is 5. The summed E-state index contributed by atoms with van der Waals surface area (Å²) in [6.45, 7) is 0.751. The Morgan fingerprint density at radius 3 is 2.83 bits per heavy atom. The third kappa shape index (κ3) is 3.79. The van der Waals surface area contributed by atoms with E-state index in [9.17, 15) is 4.79 Å². The largest absolute Gasteiger partial charge is 0.497 e. The molecule has 3 rings (SSSR count). The van der Waals surface area contributed by atoms with Crippen LogP contribution in [0.15, 0.2) is 29.8 Å². The van der Waals surface area contributed by atoms with E-state index in [-0.39, 0.29) is 12.1 Å². The maximum atomic E-state index is 12.7. The molecule has 1 atom stereocenters. The SMILES string of the molecule is COc1ccc([C@@H]2CCCCCN2C(=O)Nc2nncs2)cc1. The topological polar surface area (TPSA) is 67.3 Å². The summed E-state index contributed by atoms with van der Waals surface area (Å²) in [4.78, 5) is 14.6. The predicted molar refractivity (Wildman–Crippen MR) is 89.8 cm³/mol. The van der Waals surface area contributed by atoms with Crippen LogP contribution >= 0.6 is 11.3 Å². The fraction of sp³-hybridized carbons (Fsp3) is 0.438. The number of carbonyl (C=O) groups is 1. The van der Waals surface area contributed by atoms with Gasteiger partial charge in [0.15, 0.2) is 0 Å². The van der Waals surface area contributed by atoms with Gasteiger partial charge in [-0.25, -0.2) is 4.79 Å². The number of anilines is 1. The van der Waals surface area contributed by atoms with Crippen molar-refractivity contribution < 1.29 is 9.53 Å². The lowest BCUT2D eigenvalue weighted by molar-refractivity contribution is 0.189. The van der Waals surface area contributed by atoms with Crippen molar-refractivity contribution in [1.29, 1.82) is 0 Å². The van der Waals surface area contributed by atoms with E-state index in [1.54, 1.807) is 12.6 Å². The molecule has 1 aromatic carbocycles. The fourth-order valence-corrected chi connectivity index (χ4v) is 3.35. The molecule has 1 aliphatic rings. The lowest BCUT2D eigenvalue weighted by Gasteiger charge is -2.30. The molecule has 0 radical (unpaired) electrons. The number of nitrogens with zero attached hydrogens (tertiary/aromatic N) is 3. The van der Waals surface area contributed by atoms with Gasteiger partial charge in [0.1, 0.15) is 11.3 Å². The van der Waals surface area contributed by atoms with E-state index in [2.05, 4.69) is 15.5 Å². The van der Waals surface area contributed by atoms with E-state index in [4.69, 9.17) is 4.74 Å². The van der Waals surface area contributed by atoms with Gasteiger partial charge in [0.25, 0.3) is 0 Å². The van der Waals surface area contributed by atoms with Crippen LogP contribution in [0.4, 0.5) is 9.93 Å². The summed E-state index contributed by atoms with van der Waals surface area (Å²) in [6.07, 6.45) is 4.26. The Hall–Kier alpha value is -2.15. The van der Waals surface area contributed by atoms with Crippen molar-refractivity contribution in [2.75, 3.05) is 19.0 Å². The summed E-state index contributed by atoms with van der Waals surface area (Å²) in [7, 11) is 1.66. The molecule has 1 N–H and O–H groups in total. The predicted octanol–water partition coefficient (Wildman–Crippen LogP) is 3.70. The van der Waals surface area contributed by atoms with Crippen molar-refractivity contribution in [2.24, 2.45) is 0 Å². The lowest BCUT2D eigenvalue weighted by Crippen LogP contribution is -2.38. The quantitative estimate of drug-likeness (QED) is 0.930. The van der Waals surface area contributed by atoms with Gasteiger partial charge in [-0.2, -0.15) is 0 Å². The average Bonchev–Trinajstić information content (AvgIpc) is 2.96. The van der Waals surface area contributed by atoms with Crippen LogP contribution in [0.25, 0.3) is 0 Å². The van der Waals surface area contributed by atoms with Crippen molar-refractivity contribution in [2.45, 2.75) is 31.7 Å². The number of hydrogen-bond donors (Lipinski definition) is 1. The number of methoxy groups -OCH3 is 1. The van der Waals surface area contributed by atoms with Crippen LogP contribution < -0.4 is 10.1 Å². The van der Waals surface area contributed by atoms with E-state index in [1.165, 1.54) is 11.3 Å². The van der Waals surface area contributed by atoms with Crippen molar-refractivity contribution in [3.8, 4) is 5.75 Å². The molecule has 122 valence electrons. The van der Waals surface area contributed by atoms with Gasteiger partial charge in [-0.1, -0.05) is 36.3 Å². The van der Waals surface area contributed by atoms with Crippen LogP contribution in [-0.2, 0) is 0 Å². The Bertz CT molecular complexity index is 630. The van der Waals surface area contributed by atoms with Gasteiger partial charge in [0.2, 0.25) is 5.13 Å². The van der Waals surface area contributed by atoms with Crippen LogP contribution in [0.1, 0.15) is 37.3 Å². The second-order valence-electron chi connectivity index (χ2n) is 5.51. The van der Waals surface area contributed by atoms with E-state index >= 15 is 0 Å². The summed E-state index contributed by atoms with van der Waals surface area (Å²) < 4.78 is 5.22. The molecule has 2 heterocycles. The minimum Gasteiger partial charge on any atom is -0.497 e. The molecule has 0 spiro atoms. The van der Waals surface area contributed by atoms with Crippen molar-refractivity contribution in [3.63, 3.8) is 0 Å². The number of urea groups is 1. The van der Waals surface area contributed by atoms with Crippen LogP contribution in [0, 0.1) is 0 Å². The summed E-state index contributed by atoms with van der Waals surface area (Å²) in [5.41, 5.74) is 2.75. The summed E-state index contributed by atoms with van der Waals surface area (Å²) in [5, 5.41) is 11.0. The van der Waals surface area contributed by atoms with Crippen LogP contribution in [0.2, 0.25) is 0 Å². The zero-order valence-electron chi connectivity index (χ0n) is 13.1. The first-order chi connectivity index (χ1) is 11.3. The fourth-order valence-electron chi connectivity index (χ4n) is 2.91. The van der Waals surface area contributed by atoms with E-state index in [0.29, 0.717) is 5.13 Å². The molecule has 6 nitrogen and oxygen atoms in total. The summed E-state index contributed by atoms with van der Waals surface area (Å²) in [6, 6.07) is 7.95. The van der Waals surface area contributed by atoms with Gasteiger partial charge >= 0.3 is 6.03 Å². The van der Waals surface area contributed by atoms with Crippen LogP contribution in [0.5, 0.6) is 5.75 Å². The lowest BCUT2D eigenvalue weighted by atomic mass is 10.0. The van der Waals surface area contributed by atoms with Crippen LogP contribution in [0.3, 0.4) is 0 Å². The zero-order valence-corrected chi connectivity index (χ0v) is 13.9. The Morgan fingerprint density at radius 2 is 2.13 bits per heavy atom. The normalized spacial score (nSPS) is 18.3. The van der Waals surface area contributed by atoms with E-state index < -0.39 is 0 Å². The molecular weight excluding hydrogens is 312 g/mol. The van der Waals surface area contributed by atoms with Crippen molar-refractivity contribution >= 4 is 22.5 Å². The molecular formula is C16H20N4O2S. The first kappa shape index (κ1) is 15.7. The molecule has 0 aliphatic carbocycles. The highest BCUT2D eigenvalue weighted by Gasteiger charge is 2.27. The Kier molecular flexibility index (Phi) is 5.07. The second-order valence-corrected chi connectivity index (χ2v) is 6.34. The number of ether oxygens (including phenoxy) is 1. The molecule has 1 aromatic heterocycles. The number of amides is 2. The number of aromatic nitrogens is 2. The summed E-state index contributed by atoms with van der Waals surface area (Å²) >= 11 is 1.33. The maximum absolute atomic E-state index is 12.7. The molecule has 0 unspecified atom stereocenters. The minimum atomic E-state index is -0.107.